The first-order valence-corrected chi connectivity index (χ1v) is 10.7. The first-order chi connectivity index (χ1) is 17.4. The second kappa shape index (κ2) is 9.45. The van der Waals surface area contributed by atoms with Crippen molar-refractivity contribution in [3.63, 3.8) is 0 Å². The molecule has 0 aliphatic carbocycles. The third-order valence-corrected chi connectivity index (χ3v) is 5.32. The van der Waals surface area contributed by atoms with Gasteiger partial charge in [-0.15, -0.1) is 0 Å². The number of benzene rings is 3. The van der Waals surface area contributed by atoms with Crippen LogP contribution in [-0.2, 0) is 0 Å². The van der Waals surface area contributed by atoms with Crippen molar-refractivity contribution in [1.82, 2.24) is 19.5 Å². The van der Waals surface area contributed by atoms with Crippen LogP contribution in [-0.4, -0.2) is 33.7 Å². The predicted molar refractivity (Wildman–Crippen MR) is 129 cm³/mol. The lowest BCUT2D eigenvalue weighted by molar-refractivity contribution is 0.414. The Bertz CT molecular complexity index is 1520. The molecule has 0 saturated carbocycles. The Labute approximate surface area is 203 Å². The number of hydrogen-bond donors (Lipinski definition) is 2. The molecule has 0 saturated heterocycles. The van der Waals surface area contributed by atoms with E-state index in [9.17, 15) is 13.2 Å². The standard InChI is InChI=1S/C25H19F3N6O2/c1-35-17-7-3-15(4-8-17)30-24-29-13-21-23(33-24)34(16-5-9-18(36-2)10-6-16)25(31-21)32-22-19(27)11-14(26)12-20(22)28/h3-13H,1-2H3,(H,31,32)(H,29,30,33). The van der Waals surface area contributed by atoms with Crippen molar-refractivity contribution in [2.24, 2.45) is 0 Å². The summed E-state index contributed by atoms with van der Waals surface area (Å²) in [5.74, 6) is -1.60. The zero-order valence-electron chi connectivity index (χ0n) is 19.1. The molecule has 2 N–H and O–H groups in total. The van der Waals surface area contributed by atoms with Gasteiger partial charge < -0.3 is 20.1 Å². The molecule has 0 aliphatic rings. The molecule has 0 radical (unpaired) electrons. The maximum absolute atomic E-state index is 14.4. The molecular formula is C25H19F3N6O2. The molecule has 0 atom stereocenters. The zero-order valence-corrected chi connectivity index (χ0v) is 19.1. The van der Waals surface area contributed by atoms with Crippen molar-refractivity contribution >= 4 is 34.4 Å². The molecule has 0 bridgehead atoms. The summed E-state index contributed by atoms with van der Waals surface area (Å²) in [6, 6.07) is 15.3. The fourth-order valence-electron chi connectivity index (χ4n) is 3.57. The Morgan fingerprint density at radius 1 is 0.778 bits per heavy atom. The van der Waals surface area contributed by atoms with E-state index in [1.165, 1.54) is 6.20 Å². The summed E-state index contributed by atoms with van der Waals surface area (Å²) < 4.78 is 54.2. The molecule has 0 spiro atoms. The van der Waals surface area contributed by atoms with Crippen LogP contribution in [0.4, 0.5) is 36.4 Å². The van der Waals surface area contributed by atoms with Crippen LogP contribution in [0.1, 0.15) is 0 Å². The summed E-state index contributed by atoms with van der Waals surface area (Å²) in [4.78, 5) is 13.3. The van der Waals surface area contributed by atoms with Crippen LogP contribution in [0.25, 0.3) is 16.9 Å². The van der Waals surface area contributed by atoms with Gasteiger partial charge in [0, 0.05) is 17.8 Å². The van der Waals surface area contributed by atoms with Gasteiger partial charge in [-0.2, -0.15) is 4.98 Å². The molecule has 36 heavy (non-hydrogen) atoms. The lowest BCUT2D eigenvalue weighted by Gasteiger charge is -2.12. The number of ether oxygens (including phenoxy) is 2. The van der Waals surface area contributed by atoms with Crippen molar-refractivity contribution in [2.75, 3.05) is 24.9 Å². The summed E-state index contributed by atoms with van der Waals surface area (Å²) in [5, 5.41) is 5.74. The highest BCUT2D eigenvalue weighted by atomic mass is 19.1. The number of methoxy groups -OCH3 is 2. The van der Waals surface area contributed by atoms with Crippen LogP contribution in [0, 0.1) is 17.5 Å². The van der Waals surface area contributed by atoms with Gasteiger partial charge in [0.25, 0.3) is 0 Å². The largest absolute Gasteiger partial charge is 0.497 e. The molecule has 0 amide bonds. The highest BCUT2D eigenvalue weighted by Gasteiger charge is 2.19. The van der Waals surface area contributed by atoms with Crippen LogP contribution >= 0.6 is 0 Å². The average molecular weight is 492 g/mol. The zero-order chi connectivity index (χ0) is 25.2. The molecule has 8 nitrogen and oxygen atoms in total. The third kappa shape index (κ3) is 4.45. The number of hydrogen-bond acceptors (Lipinski definition) is 7. The Balaban J connectivity index is 1.61. The van der Waals surface area contributed by atoms with E-state index >= 15 is 0 Å². The van der Waals surface area contributed by atoms with Crippen molar-refractivity contribution in [3.05, 3.63) is 84.3 Å². The molecule has 2 heterocycles. The second-order valence-corrected chi connectivity index (χ2v) is 7.59. The number of rotatable bonds is 7. The normalized spacial score (nSPS) is 10.9. The van der Waals surface area contributed by atoms with Crippen LogP contribution in [0.3, 0.4) is 0 Å². The summed E-state index contributed by atoms with van der Waals surface area (Å²) in [5.41, 5.74) is 1.47. The number of anilines is 4. The van der Waals surface area contributed by atoms with Gasteiger partial charge in [0.15, 0.2) is 17.3 Å². The Morgan fingerprint density at radius 2 is 1.39 bits per heavy atom. The van der Waals surface area contributed by atoms with Gasteiger partial charge in [0.05, 0.1) is 26.1 Å². The maximum atomic E-state index is 14.4. The van der Waals surface area contributed by atoms with E-state index in [-0.39, 0.29) is 11.9 Å². The quantitative estimate of drug-likeness (QED) is 0.300. The van der Waals surface area contributed by atoms with E-state index in [4.69, 9.17) is 9.47 Å². The fraction of sp³-hybridized carbons (Fsp3) is 0.0800. The summed E-state index contributed by atoms with van der Waals surface area (Å²) in [6.45, 7) is 0. The van der Waals surface area contributed by atoms with Gasteiger partial charge in [0.2, 0.25) is 11.9 Å². The second-order valence-electron chi connectivity index (χ2n) is 7.59. The monoisotopic (exact) mass is 492 g/mol. The van der Waals surface area contributed by atoms with E-state index < -0.39 is 23.1 Å². The van der Waals surface area contributed by atoms with Crippen molar-refractivity contribution < 1.29 is 22.6 Å². The minimum Gasteiger partial charge on any atom is -0.497 e. The average Bonchev–Trinajstić information content (AvgIpc) is 3.24. The van der Waals surface area contributed by atoms with Crippen molar-refractivity contribution in [2.45, 2.75) is 0 Å². The van der Waals surface area contributed by atoms with Crippen LogP contribution in [0.15, 0.2) is 66.9 Å². The summed E-state index contributed by atoms with van der Waals surface area (Å²) >= 11 is 0. The van der Waals surface area contributed by atoms with E-state index in [1.807, 2.05) is 0 Å². The highest BCUT2D eigenvalue weighted by molar-refractivity contribution is 5.79. The maximum Gasteiger partial charge on any atom is 0.229 e. The molecule has 2 aromatic heterocycles. The number of nitrogens with zero attached hydrogens (tertiary/aromatic N) is 4. The minimum atomic E-state index is -1.10. The molecule has 11 heteroatoms. The van der Waals surface area contributed by atoms with Crippen LogP contribution in [0.5, 0.6) is 11.5 Å². The van der Waals surface area contributed by atoms with Gasteiger partial charge >= 0.3 is 0 Å². The van der Waals surface area contributed by atoms with Gasteiger partial charge in [-0.05, 0) is 48.5 Å². The lowest BCUT2D eigenvalue weighted by atomic mass is 10.2. The smallest absolute Gasteiger partial charge is 0.229 e. The van der Waals surface area contributed by atoms with E-state index in [0.717, 1.165) is 5.69 Å². The van der Waals surface area contributed by atoms with E-state index in [2.05, 4.69) is 25.6 Å². The van der Waals surface area contributed by atoms with E-state index in [0.29, 0.717) is 40.5 Å². The first kappa shape index (κ1) is 23.0. The number of nitrogens with one attached hydrogen (secondary N) is 2. The Hall–Kier alpha value is -4.80. The van der Waals surface area contributed by atoms with Gasteiger partial charge in [-0.25, -0.2) is 23.1 Å². The van der Waals surface area contributed by atoms with E-state index in [1.54, 1.807) is 67.3 Å². The minimum absolute atomic E-state index is 0.0514. The Morgan fingerprint density at radius 3 is 2.00 bits per heavy atom. The van der Waals surface area contributed by atoms with Crippen molar-refractivity contribution in [3.8, 4) is 17.2 Å². The SMILES string of the molecule is COc1ccc(Nc2ncc3nc(Nc4c(F)cc(F)cc4F)n(-c4ccc(OC)cc4)c3n2)cc1. The van der Waals surface area contributed by atoms with Crippen LogP contribution in [0.2, 0.25) is 0 Å². The topological polar surface area (TPSA) is 86.1 Å². The molecule has 0 fully saturated rings. The molecular weight excluding hydrogens is 473 g/mol. The predicted octanol–water partition coefficient (Wildman–Crippen LogP) is 5.74. The highest BCUT2D eigenvalue weighted by Crippen LogP contribution is 2.30. The third-order valence-electron chi connectivity index (χ3n) is 5.32. The molecule has 0 aliphatic heterocycles. The van der Waals surface area contributed by atoms with Gasteiger partial charge in [-0.3, -0.25) is 4.57 Å². The number of fused-ring (bicyclic) bond motifs is 1. The molecule has 0 unspecified atom stereocenters. The molecule has 182 valence electrons. The number of imidazole rings is 1. The Kier molecular flexibility index (Phi) is 6.03. The molecule has 5 rings (SSSR count). The lowest BCUT2D eigenvalue weighted by Crippen LogP contribution is -2.06. The molecule has 5 aromatic rings. The first-order valence-electron chi connectivity index (χ1n) is 10.7. The molecule has 3 aromatic carbocycles. The van der Waals surface area contributed by atoms with Crippen LogP contribution < -0.4 is 20.1 Å². The van der Waals surface area contributed by atoms with Crippen molar-refractivity contribution in [1.29, 1.82) is 0 Å². The van der Waals surface area contributed by atoms with Gasteiger partial charge in [0.1, 0.15) is 28.5 Å². The number of halogens is 3. The van der Waals surface area contributed by atoms with Gasteiger partial charge in [-0.1, -0.05) is 0 Å². The summed E-state index contributed by atoms with van der Waals surface area (Å²) in [7, 11) is 3.12. The fourth-order valence-corrected chi connectivity index (χ4v) is 3.57. The summed E-state index contributed by atoms with van der Waals surface area (Å²) in [6.07, 6.45) is 1.48. The number of aromatic nitrogens is 4.